The lowest BCUT2D eigenvalue weighted by molar-refractivity contribution is -0.124. The summed E-state index contributed by atoms with van der Waals surface area (Å²) in [4.78, 5) is 35.4. The third kappa shape index (κ3) is 3.50. The molecule has 0 saturated carbocycles. The zero-order chi connectivity index (χ0) is 18.8. The first-order valence-corrected chi connectivity index (χ1v) is 9.65. The van der Waals surface area contributed by atoms with E-state index in [4.69, 9.17) is 0 Å². The normalized spacial score (nSPS) is 17.7. The first-order chi connectivity index (χ1) is 13.1. The SMILES string of the molecule is CC1N=C2c3ccccc3N=C(SCC(=O)NCc3ccccc3)N2C1=O. The minimum atomic E-state index is -0.441. The molecule has 2 amide bonds. The molecule has 6 nitrogen and oxygen atoms in total. The first-order valence-electron chi connectivity index (χ1n) is 8.67. The van der Waals surface area contributed by atoms with E-state index in [1.54, 1.807) is 6.92 Å². The van der Waals surface area contributed by atoms with Gasteiger partial charge in [-0.2, -0.15) is 0 Å². The standard InChI is InChI=1S/C20H18N4O2S/c1-13-19(26)24-18(22-13)15-9-5-6-10-16(15)23-20(24)27-12-17(25)21-11-14-7-3-2-4-8-14/h2-10,13H,11-12H2,1H3,(H,21,25). The number of carbonyl (C=O) groups is 2. The van der Waals surface area contributed by atoms with Crippen molar-refractivity contribution in [3.05, 3.63) is 65.7 Å². The Bertz CT molecular complexity index is 955. The maximum Gasteiger partial charge on any atom is 0.258 e. The van der Waals surface area contributed by atoms with Gasteiger partial charge < -0.3 is 5.32 Å². The van der Waals surface area contributed by atoms with Crippen molar-refractivity contribution in [3.63, 3.8) is 0 Å². The van der Waals surface area contributed by atoms with Crippen LogP contribution >= 0.6 is 11.8 Å². The molecule has 0 radical (unpaired) electrons. The summed E-state index contributed by atoms with van der Waals surface area (Å²) < 4.78 is 0. The van der Waals surface area contributed by atoms with Gasteiger partial charge in [0.15, 0.2) is 5.17 Å². The van der Waals surface area contributed by atoms with Gasteiger partial charge in [0.25, 0.3) is 5.91 Å². The fraction of sp³-hybridized carbons (Fsp3) is 0.200. The molecule has 7 heteroatoms. The summed E-state index contributed by atoms with van der Waals surface area (Å²) in [6, 6.07) is 16.9. The van der Waals surface area contributed by atoms with Crippen molar-refractivity contribution >= 4 is 40.3 Å². The molecular weight excluding hydrogens is 360 g/mol. The Hall–Kier alpha value is -2.93. The number of para-hydroxylation sites is 1. The van der Waals surface area contributed by atoms with Crippen LogP contribution in [0.2, 0.25) is 0 Å². The molecule has 0 bridgehead atoms. The molecule has 0 aromatic heterocycles. The van der Waals surface area contributed by atoms with Gasteiger partial charge in [-0.15, -0.1) is 0 Å². The fourth-order valence-corrected chi connectivity index (χ4v) is 3.78. The molecular formula is C20H18N4O2S. The van der Waals surface area contributed by atoms with Gasteiger partial charge in [0.05, 0.1) is 11.4 Å². The Morgan fingerprint density at radius 2 is 1.89 bits per heavy atom. The Balaban J connectivity index is 1.47. The van der Waals surface area contributed by atoms with Crippen LogP contribution in [0.3, 0.4) is 0 Å². The monoisotopic (exact) mass is 378 g/mol. The molecule has 2 aromatic rings. The summed E-state index contributed by atoms with van der Waals surface area (Å²) in [5.41, 5.74) is 2.65. The summed E-state index contributed by atoms with van der Waals surface area (Å²) in [7, 11) is 0. The van der Waals surface area contributed by atoms with Crippen LogP contribution in [0.5, 0.6) is 0 Å². The summed E-state index contributed by atoms with van der Waals surface area (Å²) in [5, 5.41) is 3.39. The maximum atomic E-state index is 12.5. The molecule has 0 aliphatic carbocycles. The Labute approximate surface area is 161 Å². The highest BCUT2D eigenvalue weighted by molar-refractivity contribution is 8.14. The average molecular weight is 378 g/mol. The van der Waals surface area contributed by atoms with Gasteiger partial charge in [0.1, 0.15) is 11.9 Å². The van der Waals surface area contributed by atoms with E-state index in [1.807, 2.05) is 54.6 Å². The molecule has 27 heavy (non-hydrogen) atoms. The average Bonchev–Trinajstić information content (AvgIpc) is 3.00. The number of amides is 2. The molecule has 4 rings (SSSR count). The number of aliphatic imine (C=N–C) groups is 2. The number of amidine groups is 2. The minimum absolute atomic E-state index is 0.108. The van der Waals surface area contributed by atoms with Crippen molar-refractivity contribution in [2.75, 3.05) is 5.75 Å². The maximum absolute atomic E-state index is 12.5. The van der Waals surface area contributed by atoms with Gasteiger partial charge in [-0.1, -0.05) is 54.2 Å². The van der Waals surface area contributed by atoms with E-state index >= 15 is 0 Å². The van der Waals surface area contributed by atoms with Gasteiger partial charge in [-0.05, 0) is 24.6 Å². The van der Waals surface area contributed by atoms with Crippen LogP contribution in [0.4, 0.5) is 5.69 Å². The first kappa shape index (κ1) is 17.5. The summed E-state index contributed by atoms with van der Waals surface area (Å²) >= 11 is 1.25. The number of carbonyl (C=O) groups excluding carboxylic acids is 2. The number of rotatable bonds is 4. The fourth-order valence-electron chi connectivity index (χ4n) is 2.95. The molecule has 0 spiro atoms. The zero-order valence-electron chi connectivity index (χ0n) is 14.8. The third-order valence-corrected chi connectivity index (χ3v) is 5.26. The highest BCUT2D eigenvalue weighted by atomic mass is 32.2. The predicted molar refractivity (Wildman–Crippen MR) is 107 cm³/mol. The molecule has 1 unspecified atom stereocenters. The summed E-state index contributed by atoms with van der Waals surface area (Å²) in [5.74, 6) is 0.573. The summed E-state index contributed by atoms with van der Waals surface area (Å²) in [6.45, 7) is 2.24. The molecule has 1 N–H and O–H groups in total. The van der Waals surface area contributed by atoms with Crippen molar-refractivity contribution in [2.45, 2.75) is 19.5 Å². The van der Waals surface area contributed by atoms with E-state index in [-0.39, 0.29) is 17.6 Å². The van der Waals surface area contributed by atoms with Crippen molar-refractivity contribution in [1.29, 1.82) is 0 Å². The van der Waals surface area contributed by atoms with Crippen LogP contribution in [0, 0.1) is 0 Å². The van der Waals surface area contributed by atoms with Crippen LogP contribution < -0.4 is 5.32 Å². The van der Waals surface area contributed by atoms with Gasteiger partial charge in [0.2, 0.25) is 5.91 Å². The third-order valence-electron chi connectivity index (χ3n) is 4.32. The highest BCUT2D eigenvalue weighted by Gasteiger charge is 2.39. The Kier molecular flexibility index (Phi) is 4.77. The summed E-state index contributed by atoms with van der Waals surface area (Å²) in [6.07, 6.45) is 0. The number of nitrogens with zero attached hydrogens (tertiary/aromatic N) is 3. The Morgan fingerprint density at radius 1 is 1.15 bits per heavy atom. The second kappa shape index (κ2) is 7.36. The number of hydrogen-bond acceptors (Lipinski definition) is 5. The quantitative estimate of drug-likeness (QED) is 0.889. The largest absolute Gasteiger partial charge is 0.351 e. The van der Waals surface area contributed by atoms with Crippen LogP contribution in [-0.2, 0) is 16.1 Å². The lowest BCUT2D eigenvalue weighted by Crippen LogP contribution is -2.41. The molecule has 136 valence electrons. The zero-order valence-corrected chi connectivity index (χ0v) is 15.6. The molecule has 2 aliphatic heterocycles. The Morgan fingerprint density at radius 3 is 2.70 bits per heavy atom. The van der Waals surface area contributed by atoms with E-state index in [0.717, 1.165) is 16.8 Å². The molecule has 2 aliphatic rings. The molecule has 1 atom stereocenters. The number of thioether (sulfide) groups is 1. The molecule has 0 fully saturated rings. The van der Waals surface area contributed by atoms with Gasteiger partial charge in [0, 0.05) is 12.1 Å². The van der Waals surface area contributed by atoms with E-state index in [1.165, 1.54) is 16.7 Å². The number of fused-ring (bicyclic) bond motifs is 3. The van der Waals surface area contributed by atoms with Crippen molar-refractivity contribution in [3.8, 4) is 0 Å². The van der Waals surface area contributed by atoms with E-state index in [0.29, 0.717) is 17.5 Å². The topological polar surface area (TPSA) is 74.1 Å². The lowest BCUT2D eigenvalue weighted by Gasteiger charge is -2.25. The highest BCUT2D eigenvalue weighted by Crippen LogP contribution is 2.33. The number of benzene rings is 2. The second-order valence-corrected chi connectivity index (χ2v) is 7.21. The van der Waals surface area contributed by atoms with Crippen molar-refractivity contribution in [1.82, 2.24) is 10.2 Å². The van der Waals surface area contributed by atoms with Crippen LogP contribution in [0.1, 0.15) is 18.1 Å². The van der Waals surface area contributed by atoms with Gasteiger partial charge in [-0.3, -0.25) is 14.6 Å². The van der Waals surface area contributed by atoms with E-state index in [2.05, 4.69) is 15.3 Å². The van der Waals surface area contributed by atoms with Gasteiger partial charge in [-0.25, -0.2) is 9.89 Å². The van der Waals surface area contributed by atoms with Crippen molar-refractivity contribution in [2.24, 2.45) is 9.98 Å². The van der Waals surface area contributed by atoms with Crippen LogP contribution in [0.15, 0.2) is 64.6 Å². The van der Waals surface area contributed by atoms with E-state index < -0.39 is 6.04 Å². The van der Waals surface area contributed by atoms with E-state index in [9.17, 15) is 9.59 Å². The smallest absolute Gasteiger partial charge is 0.258 e. The van der Waals surface area contributed by atoms with Crippen LogP contribution in [0.25, 0.3) is 0 Å². The second-order valence-electron chi connectivity index (χ2n) is 6.26. The molecule has 2 heterocycles. The molecule has 2 aromatic carbocycles. The number of nitrogens with one attached hydrogen (secondary N) is 1. The molecule has 0 saturated heterocycles. The van der Waals surface area contributed by atoms with Gasteiger partial charge >= 0.3 is 0 Å². The lowest BCUT2D eigenvalue weighted by atomic mass is 10.1. The van der Waals surface area contributed by atoms with Crippen LogP contribution in [-0.4, -0.2) is 39.5 Å². The minimum Gasteiger partial charge on any atom is -0.351 e. The van der Waals surface area contributed by atoms with Crippen molar-refractivity contribution < 1.29 is 9.59 Å². The number of hydrogen-bond donors (Lipinski definition) is 1. The predicted octanol–water partition coefficient (Wildman–Crippen LogP) is 2.71.